The molecule has 6 nitrogen and oxygen atoms in total. The predicted octanol–water partition coefficient (Wildman–Crippen LogP) is 2.29. The summed E-state index contributed by atoms with van der Waals surface area (Å²) in [6.45, 7) is 4.22. The summed E-state index contributed by atoms with van der Waals surface area (Å²) in [5.41, 5.74) is 2.21. The molecule has 0 spiro atoms. The van der Waals surface area contributed by atoms with Crippen LogP contribution in [0.2, 0.25) is 0 Å². The number of fused-ring (bicyclic) bond motifs is 1. The second-order valence-corrected chi connectivity index (χ2v) is 6.60. The maximum atomic E-state index is 12.3. The van der Waals surface area contributed by atoms with Gasteiger partial charge < -0.3 is 19.7 Å². The van der Waals surface area contributed by atoms with E-state index in [9.17, 15) is 9.59 Å². The summed E-state index contributed by atoms with van der Waals surface area (Å²) < 4.78 is 10.6. The van der Waals surface area contributed by atoms with Crippen LogP contribution in [0.1, 0.15) is 37.3 Å². The van der Waals surface area contributed by atoms with Gasteiger partial charge in [0.25, 0.3) is 0 Å². The van der Waals surface area contributed by atoms with Crippen molar-refractivity contribution in [3.05, 3.63) is 29.3 Å². The van der Waals surface area contributed by atoms with Gasteiger partial charge in [-0.25, -0.2) is 4.79 Å². The summed E-state index contributed by atoms with van der Waals surface area (Å²) in [6, 6.07) is 6.14. The van der Waals surface area contributed by atoms with Gasteiger partial charge in [-0.05, 0) is 49.8 Å². The van der Waals surface area contributed by atoms with Gasteiger partial charge in [0.1, 0.15) is 5.75 Å². The quantitative estimate of drug-likeness (QED) is 0.908. The molecule has 2 aliphatic heterocycles. The number of nitrogens with one attached hydrogen (secondary N) is 1. The van der Waals surface area contributed by atoms with Crippen molar-refractivity contribution in [2.24, 2.45) is 0 Å². The van der Waals surface area contributed by atoms with E-state index >= 15 is 0 Å². The van der Waals surface area contributed by atoms with Gasteiger partial charge in [-0.3, -0.25) is 4.79 Å². The molecule has 25 heavy (non-hydrogen) atoms. The van der Waals surface area contributed by atoms with Crippen LogP contribution in [0.5, 0.6) is 5.75 Å². The number of carbonyl (C=O) groups is 2. The Morgan fingerprint density at radius 3 is 2.88 bits per heavy atom. The average Bonchev–Trinajstić information content (AvgIpc) is 2.62. The fraction of sp³-hybridized carbons (Fsp3) is 0.579. The van der Waals surface area contributed by atoms with Crippen molar-refractivity contribution in [3.63, 3.8) is 0 Å². The van der Waals surface area contributed by atoms with Crippen LogP contribution in [0, 0.1) is 0 Å². The first-order valence-electron chi connectivity index (χ1n) is 9.11. The van der Waals surface area contributed by atoms with Gasteiger partial charge in [0.15, 0.2) is 0 Å². The molecule has 0 unspecified atom stereocenters. The third-order valence-corrected chi connectivity index (χ3v) is 4.72. The normalized spacial score (nSPS) is 17.4. The Bertz CT molecular complexity index is 624. The number of carbonyl (C=O) groups excluding carboxylic acids is 2. The Kier molecular flexibility index (Phi) is 5.79. The number of rotatable bonds is 4. The Labute approximate surface area is 148 Å². The smallest absolute Gasteiger partial charge is 0.409 e. The molecular formula is C19H26N2O4. The number of likely N-dealkylation sites (tertiary alicyclic amines) is 1. The van der Waals surface area contributed by atoms with E-state index in [2.05, 4.69) is 11.4 Å². The van der Waals surface area contributed by atoms with E-state index in [0.717, 1.165) is 43.6 Å². The van der Waals surface area contributed by atoms with Gasteiger partial charge in [-0.15, -0.1) is 0 Å². The van der Waals surface area contributed by atoms with E-state index in [-0.39, 0.29) is 18.0 Å². The van der Waals surface area contributed by atoms with Crippen molar-refractivity contribution in [1.82, 2.24) is 10.2 Å². The molecule has 1 fully saturated rings. The van der Waals surface area contributed by atoms with Gasteiger partial charge >= 0.3 is 6.09 Å². The second kappa shape index (κ2) is 8.23. The van der Waals surface area contributed by atoms with Crippen LogP contribution in [-0.2, 0) is 22.4 Å². The molecule has 0 aliphatic carbocycles. The van der Waals surface area contributed by atoms with Crippen LogP contribution >= 0.6 is 0 Å². The largest absolute Gasteiger partial charge is 0.493 e. The zero-order chi connectivity index (χ0) is 17.6. The molecular weight excluding hydrogens is 320 g/mol. The summed E-state index contributed by atoms with van der Waals surface area (Å²) in [6.07, 6.45) is 3.69. The fourth-order valence-corrected chi connectivity index (χ4v) is 3.41. The first-order chi connectivity index (χ1) is 12.2. The second-order valence-electron chi connectivity index (χ2n) is 6.60. The van der Waals surface area contributed by atoms with E-state index in [1.54, 1.807) is 11.8 Å². The van der Waals surface area contributed by atoms with Crippen molar-refractivity contribution < 1.29 is 19.1 Å². The standard InChI is InChI=1S/C19H26N2O4/c1-2-24-19(23)21-9-7-16(8-10-21)20-18(22)13-14-5-6-17-15(12-14)4-3-11-25-17/h5-6,12,16H,2-4,7-11,13H2,1H3,(H,20,22). The lowest BCUT2D eigenvalue weighted by molar-refractivity contribution is -0.121. The van der Waals surface area contributed by atoms with Crippen molar-refractivity contribution >= 4 is 12.0 Å². The van der Waals surface area contributed by atoms with Crippen LogP contribution in [0.25, 0.3) is 0 Å². The lowest BCUT2D eigenvalue weighted by atomic mass is 10.0. The summed E-state index contributed by atoms with van der Waals surface area (Å²) in [4.78, 5) is 25.7. The fourth-order valence-electron chi connectivity index (χ4n) is 3.41. The third kappa shape index (κ3) is 4.65. The monoisotopic (exact) mass is 346 g/mol. The van der Waals surface area contributed by atoms with E-state index in [4.69, 9.17) is 9.47 Å². The van der Waals surface area contributed by atoms with Gasteiger partial charge in [0, 0.05) is 19.1 Å². The van der Waals surface area contributed by atoms with E-state index in [1.807, 2.05) is 12.1 Å². The van der Waals surface area contributed by atoms with Crippen LogP contribution in [0.3, 0.4) is 0 Å². The lowest BCUT2D eigenvalue weighted by Crippen LogP contribution is -2.47. The first kappa shape index (κ1) is 17.6. The molecule has 0 saturated carbocycles. The van der Waals surface area contributed by atoms with E-state index < -0.39 is 0 Å². The zero-order valence-electron chi connectivity index (χ0n) is 14.8. The molecule has 2 aliphatic rings. The topological polar surface area (TPSA) is 67.9 Å². The van der Waals surface area contributed by atoms with E-state index in [0.29, 0.717) is 26.1 Å². The highest BCUT2D eigenvalue weighted by atomic mass is 16.6. The molecule has 1 aromatic rings. The molecule has 0 aromatic heterocycles. The number of hydrogen-bond acceptors (Lipinski definition) is 4. The maximum absolute atomic E-state index is 12.3. The highest BCUT2D eigenvalue weighted by Gasteiger charge is 2.24. The number of piperidine rings is 1. The Morgan fingerprint density at radius 2 is 2.12 bits per heavy atom. The molecule has 6 heteroatoms. The van der Waals surface area contributed by atoms with Gasteiger partial charge in [0.2, 0.25) is 5.91 Å². The number of hydrogen-bond donors (Lipinski definition) is 1. The Balaban J connectivity index is 1.46. The van der Waals surface area contributed by atoms with Crippen LogP contribution in [0.15, 0.2) is 18.2 Å². The summed E-state index contributed by atoms with van der Waals surface area (Å²) in [5.74, 6) is 0.980. The van der Waals surface area contributed by atoms with Crippen LogP contribution < -0.4 is 10.1 Å². The Hall–Kier alpha value is -2.24. The van der Waals surface area contributed by atoms with Crippen molar-refractivity contribution in [2.45, 2.75) is 45.1 Å². The molecule has 3 rings (SSSR count). The molecule has 1 N–H and O–H groups in total. The van der Waals surface area contributed by atoms with Crippen LogP contribution in [0.4, 0.5) is 4.79 Å². The van der Waals surface area contributed by atoms with Crippen molar-refractivity contribution in [1.29, 1.82) is 0 Å². The highest BCUT2D eigenvalue weighted by molar-refractivity contribution is 5.79. The minimum atomic E-state index is -0.261. The van der Waals surface area contributed by atoms with Gasteiger partial charge in [-0.2, -0.15) is 0 Å². The minimum absolute atomic E-state index is 0.0336. The summed E-state index contributed by atoms with van der Waals surface area (Å²) in [5, 5.41) is 3.09. The highest BCUT2D eigenvalue weighted by Crippen LogP contribution is 2.25. The number of amides is 2. The molecule has 1 aromatic carbocycles. The number of nitrogens with zero attached hydrogens (tertiary/aromatic N) is 1. The van der Waals surface area contributed by atoms with Crippen LogP contribution in [-0.4, -0.2) is 49.2 Å². The average molecular weight is 346 g/mol. The molecule has 0 bridgehead atoms. The SMILES string of the molecule is CCOC(=O)N1CCC(NC(=O)Cc2ccc3c(c2)CCCO3)CC1. The van der Waals surface area contributed by atoms with Gasteiger partial charge in [-0.1, -0.05) is 12.1 Å². The third-order valence-electron chi connectivity index (χ3n) is 4.72. The molecule has 1 saturated heterocycles. The zero-order valence-corrected chi connectivity index (χ0v) is 14.8. The molecule has 0 radical (unpaired) electrons. The van der Waals surface area contributed by atoms with Gasteiger partial charge in [0.05, 0.1) is 19.6 Å². The van der Waals surface area contributed by atoms with Crippen molar-refractivity contribution in [3.8, 4) is 5.75 Å². The molecule has 2 heterocycles. The predicted molar refractivity (Wildman–Crippen MR) is 93.7 cm³/mol. The van der Waals surface area contributed by atoms with Crippen molar-refractivity contribution in [2.75, 3.05) is 26.3 Å². The molecule has 136 valence electrons. The summed E-state index contributed by atoms with van der Waals surface area (Å²) in [7, 11) is 0. The number of benzene rings is 1. The lowest BCUT2D eigenvalue weighted by Gasteiger charge is -2.31. The molecule has 0 atom stereocenters. The molecule has 2 amide bonds. The number of aryl methyl sites for hydroxylation is 1. The summed E-state index contributed by atoms with van der Waals surface area (Å²) >= 11 is 0. The minimum Gasteiger partial charge on any atom is -0.493 e. The van der Waals surface area contributed by atoms with E-state index in [1.165, 1.54) is 5.56 Å². The number of ether oxygens (including phenoxy) is 2. The first-order valence-corrected chi connectivity index (χ1v) is 9.11. The Morgan fingerprint density at radius 1 is 1.32 bits per heavy atom. The maximum Gasteiger partial charge on any atom is 0.409 e.